The summed E-state index contributed by atoms with van der Waals surface area (Å²) < 4.78 is 2.20. The van der Waals surface area contributed by atoms with Crippen LogP contribution in [-0.2, 0) is 0 Å². The highest BCUT2D eigenvalue weighted by Gasteiger charge is 2.25. The maximum Gasteiger partial charge on any atom is 0.138 e. The minimum absolute atomic E-state index is 0.368. The van der Waals surface area contributed by atoms with Gasteiger partial charge >= 0.3 is 0 Å². The zero-order valence-corrected chi connectivity index (χ0v) is 12.1. The van der Waals surface area contributed by atoms with Gasteiger partial charge in [0.1, 0.15) is 11.9 Å². The van der Waals surface area contributed by atoms with Crippen molar-refractivity contribution in [3.8, 4) is 0 Å². The molecule has 1 aromatic carbocycles. The van der Waals surface area contributed by atoms with Gasteiger partial charge in [0.15, 0.2) is 0 Å². The molecule has 1 aliphatic rings. The fraction of sp³-hybridized carbons (Fsp3) is 0.533. The number of likely N-dealkylation sites (tertiary alicyclic amines) is 1. The minimum Gasteiger partial charge on any atom is -0.399 e. The van der Waals surface area contributed by atoms with Crippen LogP contribution >= 0.6 is 0 Å². The zero-order chi connectivity index (χ0) is 14.3. The summed E-state index contributed by atoms with van der Waals surface area (Å²) in [7, 11) is 2.14. The number of likely N-dealkylation sites (N-methyl/N-ethyl adjacent to an activating group) is 1. The van der Waals surface area contributed by atoms with E-state index in [2.05, 4.69) is 21.5 Å². The van der Waals surface area contributed by atoms with Gasteiger partial charge in [-0.2, -0.15) is 0 Å². The largest absolute Gasteiger partial charge is 0.399 e. The van der Waals surface area contributed by atoms with Crippen molar-refractivity contribution in [2.75, 3.05) is 25.9 Å². The predicted octanol–water partition coefficient (Wildman–Crippen LogP) is 1.94. The first-order chi connectivity index (χ1) is 9.56. The Balaban J connectivity index is 2.13. The van der Waals surface area contributed by atoms with Crippen LogP contribution in [0.15, 0.2) is 18.2 Å². The maximum atomic E-state index is 10.0. The number of nitrogens with zero attached hydrogens (tertiary/aromatic N) is 3. The number of imidazole rings is 1. The van der Waals surface area contributed by atoms with E-state index in [0.29, 0.717) is 11.7 Å². The molecule has 3 N–H and O–H groups in total. The highest BCUT2D eigenvalue weighted by molar-refractivity contribution is 5.80. The molecule has 3 rings (SSSR count). The van der Waals surface area contributed by atoms with Gasteiger partial charge in [-0.1, -0.05) is 0 Å². The molecule has 1 aromatic heterocycles. The number of hydrogen-bond acceptors (Lipinski definition) is 4. The molecule has 108 valence electrons. The Morgan fingerprint density at radius 1 is 1.45 bits per heavy atom. The van der Waals surface area contributed by atoms with Crippen molar-refractivity contribution < 1.29 is 5.11 Å². The van der Waals surface area contributed by atoms with E-state index in [4.69, 9.17) is 5.73 Å². The number of benzene rings is 1. The third-order valence-electron chi connectivity index (χ3n) is 4.08. The summed E-state index contributed by atoms with van der Waals surface area (Å²) in [6, 6.07) is 6.16. The molecule has 5 nitrogen and oxygen atoms in total. The second-order valence-electron chi connectivity index (χ2n) is 5.82. The van der Waals surface area contributed by atoms with Crippen LogP contribution in [0.2, 0.25) is 0 Å². The number of anilines is 1. The Kier molecular flexibility index (Phi) is 3.40. The van der Waals surface area contributed by atoms with Gasteiger partial charge in [-0.15, -0.1) is 0 Å². The van der Waals surface area contributed by atoms with E-state index in [1.165, 1.54) is 6.42 Å². The number of nitrogen functional groups attached to an aromatic ring is 1. The number of aliphatic hydroxyl groups is 1. The number of aromatic nitrogens is 2. The molecule has 2 unspecified atom stereocenters. The van der Waals surface area contributed by atoms with E-state index in [1.54, 1.807) is 6.92 Å². The van der Waals surface area contributed by atoms with Crippen molar-refractivity contribution in [3.05, 3.63) is 24.0 Å². The fourth-order valence-electron chi connectivity index (χ4n) is 3.16. The van der Waals surface area contributed by atoms with Gasteiger partial charge in [0.2, 0.25) is 0 Å². The lowest BCUT2D eigenvalue weighted by Gasteiger charge is -2.32. The fourth-order valence-corrected chi connectivity index (χ4v) is 3.16. The normalized spacial score (nSPS) is 22.2. The van der Waals surface area contributed by atoms with Gasteiger partial charge in [0, 0.05) is 18.3 Å². The molecule has 0 bridgehead atoms. The Morgan fingerprint density at radius 2 is 2.25 bits per heavy atom. The first kappa shape index (κ1) is 13.4. The van der Waals surface area contributed by atoms with E-state index in [9.17, 15) is 5.11 Å². The van der Waals surface area contributed by atoms with Crippen LogP contribution in [-0.4, -0.2) is 39.7 Å². The van der Waals surface area contributed by atoms with E-state index in [1.807, 2.05) is 18.2 Å². The van der Waals surface area contributed by atoms with Crippen LogP contribution in [0.25, 0.3) is 11.0 Å². The third kappa shape index (κ3) is 2.27. The molecule has 2 atom stereocenters. The lowest BCUT2D eigenvalue weighted by molar-refractivity contribution is 0.166. The molecule has 1 aliphatic heterocycles. The molecule has 2 heterocycles. The summed E-state index contributed by atoms with van der Waals surface area (Å²) in [6.07, 6.45) is 1.73. The smallest absolute Gasteiger partial charge is 0.138 e. The summed E-state index contributed by atoms with van der Waals surface area (Å²) in [5.74, 6) is 0.742. The quantitative estimate of drug-likeness (QED) is 0.821. The molecule has 2 aromatic rings. The molecule has 1 fully saturated rings. The second-order valence-corrected chi connectivity index (χ2v) is 5.82. The highest BCUT2D eigenvalue weighted by Crippen LogP contribution is 2.30. The Bertz CT molecular complexity index is 620. The molecule has 0 radical (unpaired) electrons. The van der Waals surface area contributed by atoms with E-state index in [0.717, 1.165) is 36.4 Å². The van der Waals surface area contributed by atoms with Crippen LogP contribution in [0.5, 0.6) is 0 Å². The average Bonchev–Trinajstić information content (AvgIpc) is 2.77. The predicted molar refractivity (Wildman–Crippen MR) is 80.5 cm³/mol. The number of hydrogen-bond donors (Lipinski definition) is 2. The number of aliphatic hydroxyl groups excluding tert-OH is 1. The molecular weight excluding hydrogens is 252 g/mol. The first-order valence-electron chi connectivity index (χ1n) is 7.20. The van der Waals surface area contributed by atoms with Crippen LogP contribution in [0.1, 0.15) is 37.7 Å². The molecule has 20 heavy (non-hydrogen) atoms. The van der Waals surface area contributed by atoms with Crippen molar-refractivity contribution in [1.82, 2.24) is 14.5 Å². The number of rotatable bonds is 2. The Hall–Kier alpha value is -1.59. The van der Waals surface area contributed by atoms with Gasteiger partial charge in [-0.3, -0.25) is 0 Å². The SMILES string of the molecule is CC(O)c1nc2cc(N)ccc2n1C1CCCN(C)C1. The van der Waals surface area contributed by atoms with Gasteiger partial charge in [0.25, 0.3) is 0 Å². The molecular formula is C15H22N4O. The van der Waals surface area contributed by atoms with Gasteiger partial charge in [0.05, 0.1) is 11.0 Å². The Labute approximate surface area is 119 Å². The van der Waals surface area contributed by atoms with E-state index < -0.39 is 6.10 Å². The molecule has 0 aliphatic carbocycles. The first-order valence-corrected chi connectivity index (χ1v) is 7.20. The van der Waals surface area contributed by atoms with Crippen molar-refractivity contribution >= 4 is 16.7 Å². The monoisotopic (exact) mass is 274 g/mol. The van der Waals surface area contributed by atoms with E-state index in [-0.39, 0.29) is 0 Å². The number of piperidine rings is 1. The minimum atomic E-state index is -0.573. The summed E-state index contributed by atoms with van der Waals surface area (Å²) in [6.45, 7) is 3.91. The van der Waals surface area contributed by atoms with Gasteiger partial charge < -0.3 is 20.3 Å². The molecule has 0 amide bonds. The summed E-state index contributed by atoms with van der Waals surface area (Å²) in [5, 5.41) is 10.0. The molecule has 0 spiro atoms. The van der Waals surface area contributed by atoms with Crippen molar-refractivity contribution in [1.29, 1.82) is 0 Å². The summed E-state index contributed by atoms with van der Waals surface area (Å²) >= 11 is 0. The van der Waals surface area contributed by atoms with Crippen LogP contribution < -0.4 is 5.73 Å². The molecule has 5 heteroatoms. The maximum absolute atomic E-state index is 10.0. The number of nitrogens with two attached hydrogens (primary N) is 1. The topological polar surface area (TPSA) is 67.3 Å². The lowest BCUT2D eigenvalue weighted by atomic mass is 10.1. The lowest BCUT2D eigenvalue weighted by Crippen LogP contribution is -2.34. The average molecular weight is 274 g/mol. The molecule has 1 saturated heterocycles. The summed E-state index contributed by atoms with van der Waals surface area (Å²) in [4.78, 5) is 6.92. The molecule has 0 saturated carbocycles. The standard InChI is InChI=1S/C15H22N4O/c1-10(20)15-17-13-8-11(16)5-6-14(13)19(15)12-4-3-7-18(2)9-12/h5-6,8,10,12,20H,3-4,7,9,16H2,1-2H3. The van der Waals surface area contributed by atoms with Crippen LogP contribution in [0, 0.1) is 0 Å². The number of fused-ring (bicyclic) bond motifs is 1. The van der Waals surface area contributed by atoms with Crippen molar-refractivity contribution in [3.63, 3.8) is 0 Å². The van der Waals surface area contributed by atoms with Gasteiger partial charge in [-0.25, -0.2) is 4.98 Å². The van der Waals surface area contributed by atoms with Crippen molar-refractivity contribution in [2.45, 2.75) is 31.9 Å². The van der Waals surface area contributed by atoms with E-state index >= 15 is 0 Å². The van der Waals surface area contributed by atoms with Crippen molar-refractivity contribution in [2.24, 2.45) is 0 Å². The van der Waals surface area contributed by atoms with Crippen LogP contribution in [0.3, 0.4) is 0 Å². The third-order valence-corrected chi connectivity index (χ3v) is 4.08. The van der Waals surface area contributed by atoms with Crippen LogP contribution in [0.4, 0.5) is 5.69 Å². The zero-order valence-electron chi connectivity index (χ0n) is 12.1. The Morgan fingerprint density at radius 3 is 2.95 bits per heavy atom. The second kappa shape index (κ2) is 5.07. The highest BCUT2D eigenvalue weighted by atomic mass is 16.3. The summed E-state index contributed by atoms with van der Waals surface area (Å²) in [5.41, 5.74) is 8.48. The van der Waals surface area contributed by atoms with Gasteiger partial charge in [-0.05, 0) is 51.6 Å².